The van der Waals surface area contributed by atoms with Gasteiger partial charge in [-0.3, -0.25) is 10.1 Å². The van der Waals surface area contributed by atoms with Gasteiger partial charge in [-0.1, -0.05) is 0 Å². The third-order valence-corrected chi connectivity index (χ3v) is 3.89. The summed E-state index contributed by atoms with van der Waals surface area (Å²) in [6.07, 6.45) is 2.80. The SMILES string of the molecule is CN1CCN(c2c(N)nc(/C=C/c3ccc([N+](=O)[O-])o3)nc2F)CC1. The van der Waals surface area contributed by atoms with Crippen LogP contribution in [0.5, 0.6) is 0 Å². The molecule has 3 heterocycles. The number of likely N-dealkylation sites (N-methyl/N-ethyl adjacent to an activating group) is 1. The second-order valence-corrected chi connectivity index (χ2v) is 5.66. The molecule has 132 valence electrons. The highest BCUT2D eigenvalue weighted by atomic mass is 19.1. The van der Waals surface area contributed by atoms with Crippen molar-refractivity contribution < 1.29 is 13.7 Å². The predicted molar refractivity (Wildman–Crippen MR) is 90.4 cm³/mol. The molecule has 1 aliphatic heterocycles. The highest BCUT2D eigenvalue weighted by Gasteiger charge is 2.22. The number of furan rings is 1. The number of piperazine rings is 1. The Labute approximate surface area is 142 Å². The molecule has 1 saturated heterocycles. The van der Waals surface area contributed by atoms with E-state index in [9.17, 15) is 14.5 Å². The first kappa shape index (κ1) is 16.8. The quantitative estimate of drug-likeness (QED) is 0.503. The Kier molecular flexibility index (Phi) is 4.61. The lowest BCUT2D eigenvalue weighted by molar-refractivity contribution is -0.402. The zero-order valence-electron chi connectivity index (χ0n) is 13.6. The Bertz CT molecular complexity index is 790. The van der Waals surface area contributed by atoms with Crippen LogP contribution in [0.3, 0.4) is 0 Å². The van der Waals surface area contributed by atoms with Gasteiger partial charge < -0.3 is 20.0 Å². The number of rotatable bonds is 4. The molecule has 0 spiro atoms. The van der Waals surface area contributed by atoms with E-state index < -0.39 is 10.9 Å². The molecule has 9 nitrogen and oxygen atoms in total. The summed E-state index contributed by atoms with van der Waals surface area (Å²) in [6, 6.07) is 2.65. The minimum absolute atomic E-state index is 0.0575. The van der Waals surface area contributed by atoms with Crippen molar-refractivity contribution in [1.29, 1.82) is 0 Å². The summed E-state index contributed by atoms with van der Waals surface area (Å²) in [5.41, 5.74) is 6.11. The van der Waals surface area contributed by atoms with Crippen LogP contribution in [0.25, 0.3) is 12.2 Å². The third-order valence-electron chi connectivity index (χ3n) is 3.89. The maximum absolute atomic E-state index is 14.4. The molecule has 2 aromatic heterocycles. The molecule has 10 heteroatoms. The van der Waals surface area contributed by atoms with Crippen LogP contribution < -0.4 is 10.6 Å². The van der Waals surface area contributed by atoms with E-state index in [1.807, 2.05) is 11.9 Å². The molecule has 2 aromatic rings. The lowest BCUT2D eigenvalue weighted by atomic mass is 10.3. The third kappa shape index (κ3) is 3.74. The average molecular weight is 348 g/mol. The van der Waals surface area contributed by atoms with Gasteiger partial charge in [0.25, 0.3) is 0 Å². The van der Waals surface area contributed by atoms with E-state index in [4.69, 9.17) is 10.2 Å². The fraction of sp³-hybridized carbons (Fsp3) is 0.333. The lowest BCUT2D eigenvalue weighted by Crippen LogP contribution is -2.45. The van der Waals surface area contributed by atoms with Gasteiger partial charge in [-0.25, -0.2) is 4.98 Å². The van der Waals surface area contributed by atoms with E-state index in [-0.39, 0.29) is 29.0 Å². The Morgan fingerprint density at radius 2 is 2.00 bits per heavy atom. The minimum atomic E-state index is -0.692. The number of hydrogen-bond donors (Lipinski definition) is 1. The first-order valence-corrected chi connectivity index (χ1v) is 7.63. The Morgan fingerprint density at radius 1 is 1.28 bits per heavy atom. The van der Waals surface area contributed by atoms with Gasteiger partial charge in [0.15, 0.2) is 11.6 Å². The summed E-state index contributed by atoms with van der Waals surface area (Å²) < 4.78 is 19.4. The molecule has 0 amide bonds. The van der Waals surface area contributed by atoms with Crippen molar-refractivity contribution in [3.05, 3.63) is 39.8 Å². The zero-order valence-corrected chi connectivity index (χ0v) is 13.6. The molecule has 0 saturated carbocycles. The largest absolute Gasteiger partial charge is 0.433 e. The van der Waals surface area contributed by atoms with Crippen LogP contribution in [0.4, 0.5) is 21.8 Å². The van der Waals surface area contributed by atoms with Crippen molar-refractivity contribution in [3.63, 3.8) is 0 Å². The van der Waals surface area contributed by atoms with Crippen LogP contribution in [-0.2, 0) is 0 Å². The minimum Gasteiger partial charge on any atom is -0.401 e. The number of halogens is 1. The second-order valence-electron chi connectivity index (χ2n) is 5.66. The molecule has 0 aliphatic carbocycles. The van der Waals surface area contributed by atoms with Crippen LogP contribution >= 0.6 is 0 Å². The fourth-order valence-corrected chi connectivity index (χ4v) is 2.54. The van der Waals surface area contributed by atoms with E-state index in [2.05, 4.69) is 14.9 Å². The predicted octanol–water partition coefficient (Wildman–Crippen LogP) is 1.62. The van der Waals surface area contributed by atoms with Crippen LogP contribution in [0.2, 0.25) is 0 Å². The number of hydrogen-bond acceptors (Lipinski definition) is 8. The smallest absolute Gasteiger partial charge is 0.401 e. The molecule has 0 unspecified atom stereocenters. The molecule has 1 aliphatic rings. The van der Waals surface area contributed by atoms with Crippen LogP contribution in [0.1, 0.15) is 11.6 Å². The monoisotopic (exact) mass is 348 g/mol. The van der Waals surface area contributed by atoms with Gasteiger partial charge in [0.1, 0.15) is 16.4 Å². The number of anilines is 2. The molecule has 0 bridgehead atoms. The van der Waals surface area contributed by atoms with Crippen molar-refractivity contribution in [2.75, 3.05) is 43.9 Å². The van der Waals surface area contributed by atoms with Crippen molar-refractivity contribution >= 4 is 29.5 Å². The van der Waals surface area contributed by atoms with Gasteiger partial charge in [-0.2, -0.15) is 9.37 Å². The summed E-state index contributed by atoms with van der Waals surface area (Å²) >= 11 is 0. The first-order valence-electron chi connectivity index (χ1n) is 7.63. The molecule has 0 radical (unpaired) electrons. The molecule has 0 aromatic carbocycles. The number of nitrogens with zero attached hydrogens (tertiary/aromatic N) is 5. The highest BCUT2D eigenvalue weighted by molar-refractivity contribution is 5.68. The Balaban J connectivity index is 1.79. The van der Waals surface area contributed by atoms with Gasteiger partial charge in [-0.05, 0) is 25.3 Å². The number of nitrogens with two attached hydrogens (primary N) is 1. The summed E-state index contributed by atoms with van der Waals surface area (Å²) in [5, 5.41) is 10.6. The second kappa shape index (κ2) is 6.85. The van der Waals surface area contributed by atoms with Crippen molar-refractivity contribution in [3.8, 4) is 0 Å². The zero-order chi connectivity index (χ0) is 18.0. The lowest BCUT2D eigenvalue weighted by Gasteiger charge is -2.34. The van der Waals surface area contributed by atoms with E-state index in [1.165, 1.54) is 24.3 Å². The highest BCUT2D eigenvalue weighted by Crippen LogP contribution is 2.26. The normalized spacial score (nSPS) is 15.8. The number of nitrogen functional groups attached to an aromatic ring is 1. The molecule has 0 atom stereocenters. The van der Waals surface area contributed by atoms with E-state index in [1.54, 1.807) is 0 Å². The van der Waals surface area contributed by atoms with Gasteiger partial charge in [-0.15, -0.1) is 0 Å². The topological polar surface area (TPSA) is 115 Å². The van der Waals surface area contributed by atoms with Crippen LogP contribution in [-0.4, -0.2) is 53.0 Å². The number of aromatic nitrogens is 2. The van der Waals surface area contributed by atoms with E-state index in [0.717, 1.165) is 13.1 Å². The molecule has 2 N–H and O–H groups in total. The standard InChI is InChI=1S/C15H17FN6O3/c1-20-6-8-21(9-7-20)13-14(16)18-11(19-15(13)17)4-2-10-3-5-12(25-10)22(23)24/h2-5H,6-9H2,1H3,(H2,17,18,19)/b4-2+. The first-order chi connectivity index (χ1) is 11.9. The molecular weight excluding hydrogens is 331 g/mol. The maximum Gasteiger partial charge on any atom is 0.433 e. The van der Waals surface area contributed by atoms with E-state index >= 15 is 0 Å². The summed E-state index contributed by atoms with van der Waals surface area (Å²) in [7, 11) is 2.00. The Hall–Kier alpha value is -3.01. The fourth-order valence-electron chi connectivity index (χ4n) is 2.54. The van der Waals surface area contributed by atoms with Gasteiger partial charge >= 0.3 is 5.88 Å². The Morgan fingerprint density at radius 3 is 2.60 bits per heavy atom. The average Bonchev–Trinajstić information content (AvgIpc) is 3.03. The molecular formula is C15H17FN6O3. The molecule has 1 fully saturated rings. The van der Waals surface area contributed by atoms with Crippen molar-refractivity contribution in [2.24, 2.45) is 0 Å². The van der Waals surface area contributed by atoms with Crippen LogP contribution in [0.15, 0.2) is 16.5 Å². The summed E-state index contributed by atoms with van der Waals surface area (Å²) in [4.78, 5) is 21.8. The summed E-state index contributed by atoms with van der Waals surface area (Å²) in [5.74, 6) is -0.717. The van der Waals surface area contributed by atoms with Gasteiger partial charge in [0.2, 0.25) is 5.95 Å². The van der Waals surface area contributed by atoms with Crippen molar-refractivity contribution in [2.45, 2.75) is 0 Å². The molecule has 25 heavy (non-hydrogen) atoms. The molecule has 3 rings (SSSR count). The van der Waals surface area contributed by atoms with Crippen LogP contribution in [0, 0.1) is 16.1 Å². The van der Waals surface area contributed by atoms with Crippen molar-refractivity contribution in [1.82, 2.24) is 14.9 Å². The van der Waals surface area contributed by atoms with E-state index in [0.29, 0.717) is 13.1 Å². The van der Waals surface area contributed by atoms with Gasteiger partial charge in [0.05, 0.1) is 6.07 Å². The van der Waals surface area contributed by atoms with Gasteiger partial charge in [0, 0.05) is 26.2 Å². The number of nitro groups is 1. The maximum atomic E-state index is 14.4. The summed E-state index contributed by atoms with van der Waals surface area (Å²) in [6.45, 7) is 2.90.